The molecule has 1 aromatic carbocycles. The van der Waals surface area contributed by atoms with Crippen molar-refractivity contribution < 1.29 is 0 Å². The Morgan fingerprint density at radius 1 is 1.18 bits per heavy atom. The van der Waals surface area contributed by atoms with Crippen LogP contribution in [0.4, 0.5) is 0 Å². The maximum atomic E-state index is 3.62. The fraction of sp³-hybridized carbons (Fsp3) is 0.286. The molecule has 2 aromatic rings. The Morgan fingerprint density at radius 3 is 2.71 bits per heavy atom. The van der Waals surface area contributed by atoms with Crippen LogP contribution in [0.25, 0.3) is 11.1 Å². The summed E-state index contributed by atoms with van der Waals surface area (Å²) < 4.78 is 1.20. The van der Waals surface area contributed by atoms with Gasteiger partial charge >= 0.3 is 0 Å². The Morgan fingerprint density at radius 2 is 2.00 bits per heavy atom. The molecule has 0 radical (unpaired) electrons. The summed E-state index contributed by atoms with van der Waals surface area (Å²) in [5.74, 6) is 0. The van der Waals surface area contributed by atoms with Gasteiger partial charge in [-0.05, 0) is 45.3 Å². The summed E-state index contributed by atoms with van der Waals surface area (Å²) in [5, 5.41) is 7.93. The topological polar surface area (TPSA) is 12.0 Å². The van der Waals surface area contributed by atoms with Crippen LogP contribution in [0.2, 0.25) is 0 Å². The predicted octanol–water partition coefficient (Wildman–Crippen LogP) is 4.43. The van der Waals surface area contributed by atoms with E-state index in [0.717, 1.165) is 12.6 Å². The summed E-state index contributed by atoms with van der Waals surface area (Å²) in [4.78, 5) is 0. The lowest BCUT2D eigenvalue weighted by Gasteiger charge is -2.09. The largest absolute Gasteiger partial charge is 0.310 e. The highest BCUT2D eigenvalue weighted by Crippen LogP contribution is 2.34. The molecule has 1 aromatic heterocycles. The number of hydrogen-bond acceptors (Lipinski definition) is 2. The van der Waals surface area contributed by atoms with Gasteiger partial charge in [-0.15, -0.1) is 0 Å². The molecule has 17 heavy (non-hydrogen) atoms. The van der Waals surface area contributed by atoms with Crippen molar-refractivity contribution in [2.75, 3.05) is 0 Å². The molecule has 0 saturated heterocycles. The first-order valence-electron chi connectivity index (χ1n) is 5.88. The van der Waals surface area contributed by atoms with E-state index in [9.17, 15) is 0 Å². The van der Waals surface area contributed by atoms with Crippen LogP contribution in [0.15, 0.2) is 39.5 Å². The number of hydrogen-bond donors (Lipinski definition) is 1. The molecule has 1 nitrogen and oxygen atoms in total. The lowest BCUT2D eigenvalue weighted by molar-refractivity contribution is 0.689. The highest BCUT2D eigenvalue weighted by molar-refractivity contribution is 9.10. The van der Waals surface area contributed by atoms with Gasteiger partial charge in [0.2, 0.25) is 0 Å². The molecule has 0 atom stereocenters. The molecule has 1 aliphatic carbocycles. The summed E-state index contributed by atoms with van der Waals surface area (Å²) in [6, 6.07) is 9.41. The molecule has 1 aliphatic rings. The molecule has 88 valence electrons. The molecule has 3 rings (SSSR count). The van der Waals surface area contributed by atoms with Gasteiger partial charge in [0.05, 0.1) is 0 Å². The van der Waals surface area contributed by atoms with E-state index in [2.05, 4.69) is 56.3 Å². The van der Waals surface area contributed by atoms with E-state index < -0.39 is 0 Å². The van der Waals surface area contributed by atoms with Gasteiger partial charge in [-0.3, -0.25) is 0 Å². The summed E-state index contributed by atoms with van der Waals surface area (Å²) in [6.07, 6.45) is 2.68. The normalized spacial score (nSPS) is 15.1. The number of thiophene rings is 1. The number of nitrogens with one attached hydrogen (secondary N) is 1. The fourth-order valence-electron chi connectivity index (χ4n) is 1.95. The lowest BCUT2D eigenvalue weighted by atomic mass is 10.0. The zero-order valence-corrected chi connectivity index (χ0v) is 11.9. The van der Waals surface area contributed by atoms with Crippen LogP contribution < -0.4 is 5.32 Å². The van der Waals surface area contributed by atoms with Crippen molar-refractivity contribution in [3.63, 3.8) is 0 Å². The summed E-state index contributed by atoms with van der Waals surface area (Å²) in [5.41, 5.74) is 4.04. The maximum absolute atomic E-state index is 3.62. The molecule has 0 spiro atoms. The van der Waals surface area contributed by atoms with Crippen molar-refractivity contribution >= 4 is 27.3 Å². The Balaban J connectivity index is 1.89. The van der Waals surface area contributed by atoms with Crippen molar-refractivity contribution in [2.24, 2.45) is 0 Å². The molecule has 0 aliphatic heterocycles. The SMILES string of the molecule is Brc1cscc1-c1ccccc1CNC1CC1. The van der Waals surface area contributed by atoms with Gasteiger partial charge in [0, 0.05) is 28.0 Å². The second-order valence-corrected chi connectivity index (χ2v) is 6.04. The van der Waals surface area contributed by atoms with Crippen molar-refractivity contribution in [3.05, 3.63) is 45.1 Å². The van der Waals surface area contributed by atoms with Gasteiger partial charge in [0.15, 0.2) is 0 Å². The van der Waals surface area contributed by atoms with Crippen molar-refractivity contribution in [3.8, 4) is 11.1 Å². The molecule has 3 heteroatoms. The molecule has 0 unspecified atom stereocenters. The van der Waals surface area contributed by atoms with Crippen LogP contribution in [0.1, 0.15) is 18.4 Å². The molecule has 1 heterocycles. The zero-order chi connectivity index (χ0) is 11.7. The average molecular weight is 308 g/mol. The lowest BCUT2D eigenvalue weighted by Crippen LogP contribution is -2.15. The van der Waals surface area contributed by atoms with Crippen LogP contribution >= 0.6 is 27.3 Å². The minimum Gasteiger partial charge on any atom is -0.310 e. The van der Waals surface area contributed by atoms with Crippen molar-refractivity contribution in [1.29, 1.82) is 0 Å². The Hall–Kier alpha value is -0.640. The van der Waals surface area contributed by atoms with Gasteiger partial charge < -0.3 is 5.32 Å². The number of benzene rings is 1. The molecule has 1 saturated carbocycles. The van der Waals surface area contributed by atoms with E-state index in [-0.39, 0.29) is 0 Å². The van der Waals surface area contributed by atoms with E-state index in [1.54, 1.807) is 11.3 Å². The Labute approximate surface area is 114 Å². The van der Waals surface area contributed by atoms with Gasteiger partial charge in [-0.25, -0.2) is 0 Å². The first kappa shape index (κ1) is 11.5. The number of halogens is 1. The smallest absolute Gasteiger partial charge is 0.0360 e. The first-order valence-corrected chi connectivity index (χ1v) is 7.61. The van der Waals surface area contributed by atoms with Crippen LogP contribution in [0, 0.1) is 0 Å². The highest BCUT2D eigenvalue weighted by atomic mass is 79.9. The minimum absolute atomic E-state index is 0.758. The van der Waals surface area contributed by atoms with E-state index in [0.29, 0.717) is 0 Å². The van der Waals surface area contributed by atoms with E-state index in [4.69, 9.17) is 0 Å². The molecule has 1 N–H and O–H groups in total. The van der Waals surface area contributed by atoms with E-state index >= 15 is 0 Å². The highest BCUT2D eigenvalue weighted by Gasteiger charge is 2.20. The summed E-state index contributed by atoms with van der Waals surface area (Å²) >= 11 is 5.36. The fourth-order valence-corrected chi connectivity index (χ4v) is 3.46. The van der Waals surface area contributed by atoms with Gasteiger partial charge in [-0.1, -0.05) is 24.3 Å². The predicted molar refractivity (Wildman–Crippen MR) is 77.3 cm³/mol. The maximum Gasteiger partial charge on any atom is 0.0360 e. The van der Waals surface area contributed by atoms with Crippen molar-refractivity contribution in [2.45, 2.75) is 25.4 Å². The second kappa shape index (κ2) is 4.92. The van der Waals surface area contributed by atoms with Crippen LogP contribution in [0.3, 0.4) is 0 Å². The van der Waals surface area contributed by atoms with Gasteiger partial charge in [0.1, 0.15) is 0 Å². The number of rotatable bonds is 4. The van der Waals surface area contributed by atoms with E-state index in [1.807, 2.05) is 0 Å². The second-order valence-electron chi connectivity index (χ2n) is 4.45. The van der Waals surface area contributed by atoms with Crippen LogP contribution in [-0.2, 0) is 6.54 Å². The van der Waals surface area contributed by atoms with Crippen molar-refractivity contribution in [1.82, 2.24) is 5.32 Å². The average Bonchev–Trinajstić information content (AvgIpc) is 3.09. The zero-order valence-electron chi connectivity index (χ0n) is 9.45. The van der Waals surface area contributed by atoms with Crippen LogP contribution in [0.5, 0.6) is 0 Å². The van der Waals surface area contributed by atoms with Gasteiger partial charge in [-0.2, -0.15) is 11.3 Å². The molecule has 0 bridgehead atoms. The minimum atomic E-state index is 0.758. The molecular weight excluding hydrogens is 294 g/mol. The third-order valence-electron chi connectivity index (χ3n) is 3.08. The molecule has 0 amide bonds. The molecule has 1 fully saturated rings. The van der Waals surface area contributed by atoms with Gasteiger partial charge in [0.25, 0.3) is 0 Å². The summed E-state index contributed by atoms with van der Waals surface area (Å²) in [6.45, 7) is 0.975. The van der Waals surface area contributed by atoms with E-state index in [1.165, 1.54) is 34.0 Å². The Bertz CT molecular complexity index is 516. The summed E-state index contributed by atoms with van der Waals surface area (Å²) in [7, 11) is 0. The monoisotopic (exact) mass is 307 g/mol. The quantitative estimate of drug-likeness (QED) is 0.881. The van der Waals surface area contributed by atoms with Crippen LogP contribution in [-0.4, -0.2) is 6.04 Å². The first-order chi connectivity index (χ1) is 8.34. The molecular formula is C14H14BrNS. The third-order valence-corrected chi connectivity index (χ3v) is 4.78. The standard InChI is InChI=1S/C14H14BrNS/c15-14-9-17-8-13(14)12-4-2-1-3-10(12)7-16-11-5-6-11/h1-4,8-9,11,16H,5-7H2. The Kier molecular flexibility index (Phi) is 3.32. The third kappa shape index (κ3) is 2.62.